The van der Waals surface area contributed by atoms with E-state index in [0.717, 1.165) is 35.7 Å². The second-order valence-corrected chi connectivity index (χ2v) is 6.01. The van der Waals surface area contributed by atoms with Gasteiger partial charge in [0.25, 0.3) is 0 Å². The van der Waals surface area contributed by atoms with E-state index in [1.165, 1.54) is 0 Å². The van der Waals surface area contributed by atoms with E-state index in [0.29, 0.717) is 26.0 Å². The number of halogens is 2. The van der Waals surface area contributed by atoms with Crippen LogP contribution in [0.2, 0.25) is 5.02 Å². The molecule has 1 aromatic carbocycles. The number of piperidine rings is 1. The van der Waals surface area contributed by atoms with Gasteiger partial charge in [0.1, 0.15) is 5.75 Å². The Kier molecular flexibility index (Phi) is 8.01. The molecule has 0 radical (unpaired) electrons. The zero-order valence-electron chi connectivity index (χ0n) is 12.9. The van der Waals surface area contributed by atoms with Crippen molar-refractivity contribution in [3.63, 3.8) is 0 Å². The number of carbonyl (C=O) groups excluding carboxylic acids is 1. The highest BCUT2D eigenvalue weighted by Crippen LogP contribution is 2.21. The number of hydrogen-bond donors (Lipinski definition) is 1. The highest BCUT2D eigenvalue weighted by molar-refractivity contribution is 6.31. The van der Waals surface area contributed by atoms with Crippen LogP contribution in [-0.4, -0.2) is 36.5 Å². The van der Waals surface area contributed by atoms with Crippen molar-refractivity contribution in [1.29, 1.82) is 0 Å². The molecule has 2 N–H and O–H groups in total. The van der Waals surface area contributed by atoms with E-state index in [2.05, 4.69) is 0 Å². The fourth-order valence-electron chi connectivity index (χ4n) is 2.52. The lowest BCUT2D eigenvalue weighted by molar-refractivity contribution is -0.132. The van der Waals surface area contributed by atoms with Crippen molar-refractivity contribution >= 4 is 29.9 Å². The molecule has 1 saturated heterocycles. The van der Waals surface area contributed by atoms with Gasteiger partial charge in [-0.25, -0.2) is 0 Å². The number of carbonyl (C=O) groups is 1. The molecule has 124 valence electrons. The fraction of sp³-hybridized carbons (Fsp3) is 0.562. The van der Waals surface area contributed by atoms with Gasteiger partial charge in [-0.1, -0.05) is 11.6 Å². The number of amides is 1. The van der Waals surface area contributed by atoms with Crippen molar-refractivity contribution in [3.8, 4) is 5.75 Å². The summed E-state index contributed by atoms with van der Waals surface area (Å²) in [6, 6.07) is 5.72. The third-order valence-electron chi connectivity index (χ3n) is 3.74. The van der Waals surface area contributed by atoms with Gasteiger partial charge in [0, 0.05) is 30.6 Å². The van der Waals surface area contributed by atoms with Gasteiger partial charge in [0.2, 0.25) is 5.91 Å². The first-order valence-electron chi connectivity index (χ1n) is 7.48. The average molecular weight is 347 g/mol. The number of aryl methyl sites for hydroxylation is 1. The molecule has 2 rings (SSSR count). The maximum Gasteiger partial charge on any atom is 0.222 e. The standard InChI is InChI=1S/C16H23ClN2O2.ClH/c1-12-10-14(6-7-15(12)17)21-9-3-5-16(20)19-8-2-4-13(18)11-19;/h6-7,10,13H,2-5,8-9,11,18H2,1H3;1H. The molecule has 1 heterocycles. The van der Waals surface area contributed by atoms with Gasteiger partial charge in [-0.05, 0) is 49.9 Å². The Morgan fingerprint density at radius 1 is 1.50 bits per heavy atom. The normalized spacial score (nSPS) is 17.8. The molecule has 0 saturated carbocycles. The fourth-order valence-corrected chi connectivity index (χ4v) is 2.63. The Hall–Kier alpha value is -0.970. The molecule has 1 aliphatic heterocycles. The molecule has 1 atom stereocenters. The molecular formula is C16H24Cl2N2O2. The molecule has 0 aromatic heterocycles. The molecule has 1 fully saturated rings. The van der Waals surface area contributed by atoms with Crippen LogP contribution in [0, 0.1) is 6.92 Å². The van der Waals surface area contributed by atoms with Crippen LogP contribution in [0.15, 0.2) is 18.2 Å². The first-order valence-corrected chi connectivity index (χ1v) is 7.86. The SMILES string of the molecule is Cc1cc(OCCCC(=O)N2CCCC(N)C2)ccc1Cl.Cl. The Morgan fingerprint density at radius 3 is 2.95 bits per heavy atom. The largest absolute Gasteiger partial charge is 0.494 e. The number of likely N-dealkylation sites (tertiary alicyclic amines) is 1. The van der Waals surface area contributed by atoms with Crippen molar-refractivity contribution in [1.82, 2.24) is 4.90 Å². The number of ether oxygens (including phenoxy) is 1. The minimum Gasteiger partial charge on any atom is -0.494 e. The third kappa shape index (κ3) is 5.67. The molecule has 1 aromatic rings. The first kappa shape index (κ1) is 19.1. The van der Waals surface area contributed by atoms with Crippen LogP contribution in [0.5, 0.6) is 5.75 Å². The van der Waals surface area contributed by atoms with Gasteiger partial charge in [-0.15, -0.1) is 12.4 Å². The van der Waals surface area contributed by atoms with Gasteiger partial charge in [-0.2, -0.15) is 0 Å². The average Bonchev–Trinajstić information content (AvgIpc) is 2.47. The second kappa shape index (κ2) is 9.23. The number of benzene rings is 1. The number of nitrogens with two attached hydrogens (primary N) is 1. The Balaban J connectivity index is 0.00000242. The van der Waals surface area contributed by atoms with Crippen molar-refractivity contribution in [2.24, 2.45) is 5.73 Å². The van der Waals surface area contributed by atoms with E-state index in [4.69, 9.17) is 22.1 Å². The van der Waals surface area contributed by atoms with Gasteiger partial charge >= 0.3 is 0 Å². The zero-order chi connectivity index (χ0) is 15.2. The van der Waals surface area contributed by atoms with E-state index in [1.54, 1.807) is 0 Å². The van der Waals surface area contributed by atoms with E-state index >= 15 is 0 Å². The van der Waals surface area contributed by atoms with Crippen molar-refractivity contribution < 1.29 is 9.53 Å². The number of rotatable bonds is 5. The van der Waals surface area contributed by atoms with Crippen LogP contribution in [0.4, 0.5) is 0 Å². The van der Waals surface area contributed by atoms with E-state index < -0.39 is 0 Å². The van der Waals surface area contributed by atoms with Gasteiger partial charge in [0.15, 0.2) is 0 Å². The van der Waals surface area contributed by atoms with Crippen LogP contribution < -0.4 is 10.5 Å². The van der Waals surface area contributed by atoms with E-state index in [-0.39, 0.29) is 24.4 Å². The van der Waals surface area contributed by atoms with Crippen molar-refractivity contribution in [3.05, 3.63) is 28.8 Å². The molecule has 1 aliphatic rings. The second-order valence-electron chi connectivity index (χ2n) is 5.61. The summed E-state index contributed by atoms with van der Waals surface area (Å²) in [5, 5.41) is 0.735. The molecule has 22 heavy (non-hydrogen) atoms. The maximum absolute atomic E-state index is 12.1. The van der Waals surface area contributed by atoms with E-state index in [9.17, 15) is 4.79 Å². The maximum atomic E-state index is 12.1. The molecular weight excluding hydrogens is 323 g/mol. The molecule has 6 heteroatoms. The minimum absolute atomic E-state index is 0. The molecule has 4 nitrogen and oxygen atoms in total. The molecule has 0 bridgehead atoms. The van der Waals surface area contributed by atoms with E-state index in [1.807, 2.05) is 30.0 Å². The van der Waals surface area contributed by atoms with Crippen LogP contribution in [0.25, 0.3) is 0 Å². The Labute approximate surface area is 143 Å². The molecule has 1 amide bonds. The highest BCUT2D eigenvalue weighted by atomic mass is 35.5. The summed E-state index contributed by atoms with van der Waals surface area (Å²) < 4.78 is 5.65. The predicted octanol–water partition coefficient (Wildman–Crippen LogP) is 3.18. The number of hydrogen-bond acceptors (Lipinski definition) is 3. The van der Waals surface area contributed by atoms with Crippen LogP contribution in [0.3, 0.4) is 0 Å². The predicted molar refractivity (Wildman–Crippen MR) is 92.0 cm³/mol. The zero-order valence-corrected chi connectivity index (χ0v) is 14.5. The van der Waals surface area contributed by atoms with Crippen LogP contribution >= 0.6 is 24.0 Å². The van der Waals surface area contributed by atoms with Crippen molar-refractivity contribution in [2.45, 2.75) is 38.6 Å². The summed E-state index contributed by atoms with van der Waals surface area (Å²) in [5.74, 6) is 0.977. The van der Waals surface area contributed by atoms with Crippen molar-refractivity contribution in [2.75, 3.05) is 19.7 Å². The monoisotopic (exact) mass is 346 g/mol. The summed E-state index contributed by atoms with van der Waals surface area (Å²) >= 11 is 5.97. The first-order chi connectivity index (χ1) is 10.1. The molecule has 1 unspecified atom stereocenters. The Morgan fingerprint density at radius 2 is 2.27 bits per heavy atom. The third-order valence-corrected chi connectivity index (χ3v) is 4.17. The van der Waals surface area contributed by atoms with Gasteiger partial charge < -0.3 is 15.4 Å². The molecule has 0 spiro atoms. The lowest BCUT2D eigenvalue weighted by atomic mass is 10.1. The quantitative estimate of drug-likeness (QED) is 0.833. The molecule has 0 aliphatic carbocycles. The Bertz CT molecular complexity index is 497. The summed E-state index contributed by atoms with van der Waals surface area (Å²) in [5.41, 5.74) is 6.88. The van der Waals surface area contributed by atoms with Gasteiger partial charge in [0.05, 0.1) is 6.61 Å². The van der Waals surface area contributed by atoms with Gasteiger partial charge in [-0.3, -0.25) is 4.79 Å². The lowest BCUT2D eigenvalue weighted by Crippen LogP contribution is -2.45. The summed E-state index contributed by atoms with van der Waals surface area (Å²) in [4.78, 5) is 13.9. The summed E-state index contributed by atoms with van der Waals surface area (Å²) in [7, 11) is 0. The van der Waals surface area contributed by atoms with Crippen LogP contribution in [-0.2, 0) is 4.79 Å². The smallest absolute Gasteiger partial charge is 0.222 e. The highest BCUT2D eigenvalue weighted by Gasteiger charge is 2.20. The van der Waals surface area contributed by atoms with Crippen LogP contribution in [0.1, 0.15) is 31.2 Å². The lowest BCUT2D eigenvalue weighted by Gasteiger charge is -2.30. The number of nitrogens with zero attached hydrogens (tertiary/aromatic N) is 1. The summed E-state index contributed by atoms with van der Waals surface area (Å²) in [6.45, 7) is 4.00. The minimum atomic E-state index is 0. The topological polar surface area (TPSA) is 55.6 Å². The summed E-state index contributed by atoms with van der Waals surface area (Å²) in [6.07, 6.45) is 3.25.